The van der Waals surface area contributed by atoms with Gasteiger partial charge in [0, 0.05) is 0 Å². The van der Waals surface area contributed by atoms with Crippen LogP contribution in [0.1, 0.15) is 47.3 Å². The van der Waals surface area contributed by atoms with E-state index in [-0.39, 0.29) is 6.10 Å². The molecule has 2 aromatic heterocycles. The largest absolute Gasteiger partial charge is 0.477 e. The predicted molar refractivity (Wildman–Crippen MR) is 76.6 cm³/mol. The van der Waals surface area contributed by atoms with Crippen LogP contribution in [0.4, 0.5) is 0 Å². The molecule has 0 aliphatic heterocycles. The van der Waals surface area contributed by atoms with E-state index in [4.69, 9.17) is 4.74 Å². The van der Waals surface area contributed by atoms with E-state index in [2.05, 4.69) is 9.97 Å². The second-order valence-corrected chi connectivity index (χ2v) is 6.10. The van der Waals surface area contributed by atoms with Gasteiger partial charge in [0.2, 0.25) is 5.88 Å². The van der Waals surface area contributed by atoms with Crippen molar-refractivity contribution in [1.29, 1.82) is 0 Å². The lowest BCUT2D eigenvalue weighted by Gasteiger charge is -2.22. The molecule has 5 nitrogen and oxygen atoms in total. The molecule has 3 rings (SSSR count). The molecule has 0 aromatic carbocycles. The number of rotatable bonds is 3. The second kappa shape index (κ2) is 5.36. The van der Waals surface area contributed by atoms with E-state index in [1.807, 2.05) is 0 Å². The number of aryl methyl sites for hydroxylation is 1. The Balaban J connectivity index is 1.99. The Morgan fingerprint density at radius 3 is 2.80 bits per heavy atom. The maximum Gasteiger partial charge on any atom is 0.346 e. The van der Waals surface area contributed by atoms with Gasteiger partial charge in [-0.25, -0.2) is 14.8 Å². The van der Waals surface area contributed by atoms with Crippen molar-refractivity contribution in [2.75, 3.05) is 0 Å². The lowest BCUT2D eigenvalue weighted by atomic mass is 9.98. The summed E-state index contributed by atoms with van der Waals surface area (Å²) in [6.45, 7) is 1.79. The number of nitrogens with zero attached hydrogens (tertiary/aromatic N) is 2. The minimum absolute atomic E-state index is 0.189. The van der Waals surface area contributed by atoms with Crippen molar-refractivity contribution >= 4 is 27.5 Å². The third kappa shape index (κ3) is 2.35. The quantitative estimate of drug-likeness (QED) is 0.938. The first-order valence-corrected chi connectivity index (χ1v) is 7.62. The molecule has 1 aliphatic rings. The fraction of sp³-hybridized carbons (Fsp3) is 0.500. The molecule has 20 heavy (non-hydrogen) atoms. The van der Waals surface area contributed by atoms with Gasteiger partial charge >= 0.3 is 5.97 Å². The van der Waals surface area contributed by atoms with Crippen LogP contribution in [0.5, 0.6) is 5.88 Å². The lowest BCUT2D eigenvalue weighted by Crippen LogP contribution is -2.20. The molecule has 1 saturated carbocycles. The van der Waals surface area contributed by atoms with E-state index in [1.165, 1.54) is 36.9 Å². The van der Waals surface area contributed by atoms with Gasteiger partial charge in [0.25, 0.3) is 0 Å². The molecule has 1 N–H and O–H groups in total. The van der Waals surface area contributed by atoms with Crippen LogP contribution in [-0.4, -0.2) is 27.1 Å². The maximum atomic E-state index is 11.2. The summed E-state index contributed by atoms with van der Waals surface area (Å²) in [5.74, 6) is -0.391. The number of fused-ring (bicyclic) bond motifs is 1. The van der Waals surface area contributed by atoms with Crippen molar-refractivity contribution in [2.45, 2.75) is 45.1 Å². The first-order valence-electron chi connectivity index (χ1n) is 6.81. The van der Waals surface area contributed by atoms with E-state index in [0.29, 0.717) is 21.2 Å². The highest BCUT2D eigenvalue weighted by atomic mass is 32.1. The van der Waals surface area contributed by atoms with Crippen LogP contribution >= 0.6 is 11.3 Å². The molecule has 0 saturated heterocycles. The summed E-state index contributed by atoms with van der Waals surface area (Å²) < 4.78 is 6.01. The minimum Gasteiger partial charge on any atom is -0.477 e. The first-order chi connectivity index (χ1) is 9.66. The highest BCUT2D eigenvalue weighted by Crippen LogP contribution is 2.35. The van der Waals surface area contributed by atoms with Gasteiger partial charge < -0.3 is 9.84 Å². The van der Waals surface area contributed by atoms with E-state index >= 15 is 0 Å². The van der Waals surface area contributed by atoms with Crippen LogP contribution in [0.2, 0.25) is 0 Å². The molecule has 1 aliphatic carbocycles. The molecule has 2 heterocycles. The highest BCUT2D eigenvalue weighted by molar-refractivity contribution is 7.20. The topological polar surface area (TPSA) is 72.3 Å². The second-order valence-electron chi connectivity index (χ2n) is 5.10. The molecule has 0 unspecified atom stereocenters. The fourth-order valence-corrected chi connectivity index (χ4v) is 3.65. The van der Waals surface area contributed by atoms with E-state index in [1.54, 1.807) is 6.92 Å². The Bertz CT molecular complexity index is 647. The van der Waals surface area contributed by atoms with E-state index in [0.717, 1.165) is 18.2 Å². The standard InChI is InChI=1S/C14H16N2O3S/c1-8-10-12(19-9-5-3-2-4-6-9)15-7-16-13(10)20-11(8)14(17)18/h7,9H,2-6H2,1H3,(H,17,18). The number of aromatic nitrogens is 2. The summed E-state index contributed by atoms with van der Waals surface area (Å²) in [6, 6.07) is 0. The SMILES string of the molecule is Cc1c(C(=O)O)sc2ncnc(OC3CCCCC3)c12. The number of ether oxygens (including phenoxy) is 1. The molecule has 106 valence electrons. The third-order valence-electron chi connectivity index (χ3n) is 3.72. The summed E-state index contributed by atoms with van der Waals surface area (Å²) in [7, 11) is 0. The zero-order chi connectivity index (χ0) is 14.1. The van der Waals surface area contributed by atoms with Gasteiger partial charge in [0.15, 0.2) is 0 Å². The molecular formula is C14H16N2O3S. The molecule has 0 atom stereocenters. The zero-order valence-electron chi connectivity index (χ0n) is 11.3. The van der Waals surface area contributed by atoms with Crippen LogP contribution in [0, 0.1) is 6.92 Å². The van der Waals surface area contributed by atoms with Crippen molar-refractivity contribution in [3.05, 3.63) is 16.8 Å². The monoisotopic (exact) mass is 292 g/mol. The minimum atomic E-state index is -0.922. The smallest absolute Gasteiger partial charge is 0.346 e. The summed E-state index contributed by atoms with van der Waals surface area (Å²) in [4.78, 5) is 20.6. The Kier molecular flexibility index (Phi) is 3.56. The molecule has 0 spiro atoms. The van der Waals surface area contributed by atoms with Crippen LogP contribution in [-0.2, 0) is 0 Å². The van der Waals surface area contributed by atoms with E-state index in [9.17, 15) is 9.90 Å². The first kappa shape index (κ1) is 13.3. The average Bonchev–Trinajstić information content (AvgIpc) is 2.79. The Morgan fingerprint density at radius 1 is 1.35 bits per heavy atom. The number of hydrogen-bond donors (Lipinski definition) is 1. The molecular weight excluding hydrogens is 276 g/mol. The number of aromatic carboxylic acids is 1. The third-order valence-corrected chi connectivity index (χ3v) is 4.90. The molecule has 6 heteroatoms. The summed E-state index contributed by atoms with van der Waals surface area (Å²) in [6.07, 6.45) is 7.35. The maximum absolute atomic E-state index is 11.2. The number of carboxylic acid groups (broad SMARTS) is 1. The molecule has 0 bridgehead atoms. The van der Waals surface area contributed by atoms with Crippen molar-refractivity contribution in [2.24, 2.45) is 0 Å². The van der Waals surface area contributed by atoms with Crippen LogP contribution in [0.15, 0.2) is 6.33 Å². The lowest BCUT2D eigenvalue weighted by molar-refractivity contribution is 0.0701. The fourth-order valence-electron chi connectivity index (χ4n) is 2.67. The summed E-state index contributed by atoms with van der Waals surface area (Å²) in [5, 5.41) is 9.95. The Labute approximate surface area is 120 Å². The van der Waals surface area contributed by atoms with Gasteiger partial charge in [0.05, 0.1) is 5.39 Å². The van der Waals surface area contributed by atoms with E-state index < -0.39 is 5.97 Å². The van der Waals surface area contributed by atoms with Gasteiger partial charge in [-0.3, -0.25) is 0 Å². The van der Waals surface area contributed by atoms with Crippen LogP contribution in [0.3, 0.4) is 0 Å². The van der Waals surface area contributed by atoms with Crippen LogP contribution < -0.4 is 4.74 Å². The summed E-state index contributed by atoms with van der Waals surface area (Å²) >= 11 is 1.18. The molecule has 1 fully saturated rings. The van der Waals surface area contributed by atoms with Crippen LogP contribution in [0.25, 0.3) is 10.2 Å². The van der Waals surface area contributed by atoms with Gasteiger partial charge in [-0.2, -0.15) is 0 Å². The van der Waals surface area contributed by atoms with Crippen molar-refractivity contribution in [3.63, 3.8) is 0 Å². The predicted octanol–water partition coefficient (Wildman–Crippen LogP) is 3.41. The van der Waals surface area contributed by atoms with Crippen molar-refractivity contribution < 1.29 is 14.6 Å². The molecule has 0 radical (unpaired) electrons. The molecule has 0 amide bonds. The zero-order valence-corrected chi connectivity index (χ0v) is 12.1. The highest BCUT2D eigenvalue weighted by Gasteiger charge is 2.22. The van der Waals surface area contributed by atoms with Gasteiger partial charge in [0.1, 0.15) is 22.1 Å². The number of carboxylic acids is 1. The van der Waals surface area contributed by atoms with Crippen molar-refractivity contribution in [1.82, 2.24) is 9.97 Å². The Hall–Kier alpha value is -1.69. The average molecular weight is 292 g/mol. The van der Waals surface area contributed by atoms with Crippen molar-refractivity contribution in [3.8, 4) is 5.88 Å². The van der Waals surface area contributed by atoms with Gasteiger partial charge in [-0.1, -0.05) is 6.42 Å². The summed E-state index contributed by atoms with van der Waals surface area (Å²) in [5.41, 5.74) is 0.698. The number of carbonyl (C=O) groups is 1. The number of thiophene rings is 1. The number of hydrogen-bond acceptors (Lipinski definition) is 5. The molecule has 2 aromatic rings. The van der Waals surface area contributed by atoms with Gasteiger partial charge in [-0.15, -0.1) is 11.3 Å². The van der Waals surface area contributed by atoms with Gasteiger partial charge in [-0.05, 0) is 38.2 Å². The normalized spacial score (nSPS) is 16.4. The Morgan fingerprint density at radius 2 is 2.10 bits per heavy atom.